The molecule has 3 rings (SSSR count). The van der Waals surface area contributed by atoms with Crippen LogP contribution in [0.3, 0.4) is 0 Å². The Morgan fingerprint density at radius 2 is 1.81 bits per heavy atom. The molecule has 0 aromatic heterocycles. The van der Waals surface area contributed by atoms with E-state index in [1.165, 1.54) is 14.2 Å². The number of amides is 1. The van der Waals surface area contributed by atoms with Crippen LogP contribution in [0, 0.1) is 0 Å². The van der Waals surface area contributed by atoms with Crippen LogP contribution in [0.1, 0.15) is 12.5 Å². The van der Waals surface area contributed by atoms with Crippen molar-refractivity contribution in [1.29, 1.82) is 0 Å². The van der Waals surface area contributed by atoms with Gasteiger partial charge in [-0.05, 0) is 42.8 Å². The summed E-state index contributed by atoms with van der Waals surface area (Å²) in [6, 6.07) is 14.0. The van der Waals surface area contributed by atoms with Crippen LogP contribution >= 0.6 is 0 Å². The Labute approximate surface area is 179 Å². The van der Waals surface area contributed by atoms with Crippen molar-refractivity contribution in [3.63, 3.8) is 0 Å². The van der Waals surface area contributed by atoms with E-state index in [-0.39, 0.29) is 29.5 Å². The van der Waals surface area contributed by atoms with E-state index in [0.29, 0.717) is 22.9 Å². The number of esters is 1. The van der Waals surface area contributed by atoms with Gasteiger partial charge >= 0.3 is 5.97 Å². The zero-order chi connectivity index (χ0) is 22.4. The standard InChI is InChI=1S/C23H22N2O6/c1-14-21(23(28)30-3)22(27)18(24-14)12-15-8-10-16(11-9-15)31-13-20(26)25-17-6-4-5-7-19(17)29-2/h4-12,27H,13H2,1-3H3,(H,25,26)/b18-12+. The van der Waals surface area contributed by atoms with Crippen LogP contribution in [0.2, 0.25) is 0 Å². The molecule has 0 spiro atoms. The minimum Gasteiger partial charge on any atom is -0.505 e. The molecule has 1 heterocycles. The summed E-state index contributed by atoms with van der Waals surface area (Å²) in [6.45, 7) is 1.45. The zero-order valence-corrected chi connectivity index (χ0v) is 17.3. The van der Waals surface area contributed by atoms with Crippen LogP contribution in [-0.2, 0) is 14.3 Å². The number of carbonyl (C=O) groups excluding carboxylic acids is 2. The Kier molecular flexibility index (Phi) is 6.71. The van der Waals surface area contributed by atoms with E-state index in [1.54, 1.807) is 55.5 Å². The van der Waals surface area contributed by atoms with Gasteiger partial charge in [-0.1, -0.05) is 24.3 Å². The molecule has 0 fully saturated rings. The summed E-state index contributed by atoms with van der Waals surface area (Å²) in [6.07, 6.45) is 1.63. The minimum atomic E-state index is -0.641. The normalized spacial score (nSPS) is 14.3. The molecule has 1 aliphatic rings. The third-order valence-corrected chi connectivity index (χ3v) is 4.45. The fourth-order valence-electron chi connectivity index (χ4n) is 2.94. The van der Waals surface area contributed by atoms with E-state index >= 15 is 0 Å². The second-order valence-corrected chi connectivity index (χ2v) is 6.55. The van der Waals surface area contributed by atoms with E-state index in [4.69, 9.17) is 9.47 Å². The van der Waals surface area contributed by atoms with Crippen molar-refractivity contribution in [3.05, 3.63) is 71.1 Å². The molecule has 0 atom stereocenters. The molecule has 2 N–H and O–H groups in total. The van der Waals surface area contributed by atoms with Crippen LogP contribution in [0.5, 0.6) is 11.5 Å². The maximum atomic E-state index is 12.1. The number of methoxy groups -OCH3 is 2. The maximum Gasteiger partial charge on any atom is 0.343 e. The lowest BCUT2D eigenvalue weighted by Crippen LogP contribution is -2.20. The number of aliphatic hydroxyl groups is 1. The quantitative estimate of drug-likeness (QED) is 0.662. The number of nitrogens with one attached hydrogen (secondary N) is 1. The molecule has 0 unspecified atom stereocenters. The van der Waals surface area contributed by atoms with Gasteiger partial charge in [-0.2, -0.15) is 0 Å². The first-order valence-corrected chi connectivity index (χ1v) is 9.38. The summed E-state index contributed by atoms with van der Waals surface area (Å²) in [7, 11) is 2.77. The van der Waals surface area contributed by atoms with Crippen LogP contribution in [0.15, 0.2) is 70.6 Å². The number of rotatable bonds is 7. The summed E-state index contributed by atoms with van der Waals surface area (Å²) in [5, 5.41) is 13.0. The number of aliphatic hydroxyl groups excluding tert-OH is 1. The van der Waals surface area contributed by atoms with E-state index < -0.39 is 5.97 Å². The maximum absolute atomic E-state index is 12.1. The Morgan fingerprint density at radius 1 is 1.10 bits per heavy atom. The van der Waals surface area contributed by atoms with Gasteiger partial charge in [0.05, 0.1) is 25.6 Å². The number of hydrogen-bond donors (Lipinski definition) is 2. The van der Waals surface area contributed by atoms with Crippen molar-refractivity contribution in [2.75, 3.05) is 26.1 Å². The van der Waals surface area contributed by atoms with E-state index in [0.717, 1.165) is 5.56 Å². The lowest BCUT2D eigenvalue weighted by Gasteiger charge is -2.10. The van der Waals surface area contributed by atoms with Gasteiger partial charge in [0.15, 0.2) is 12.4 Å². The first kappa shape index (κ1) is 21.6. The summed E-state index contributed by atoms with van der Waals surface area (Å²) in [5.41, 5.74) is 2.00. The van der Waals surface area contributed by atoms with E-state index in [1.807, 2.05) is 6.07 Å². The Morgan fingerprint density at radius 3 is 2.48 bits per heavy atom. The molecule has 0 saturated heterocycles. The smallest absolute Gasteiger partial charge is 0.343 e. The number of hydrogen-bond acceptors (Lipinski definition) is 7. The van der Waals surface area contributed by atoms with Gasteiger partial charge in [0.2, 0.25) is 0 Å². The van der Waals surface area contributed by atoms with Crippen molar-refractivity contribution in [1.82, 2.24) is 0 Å². The summed E-state index contributed by atoms with van der Waals surface area (Å²) in [5.74, 6) is -0.129. The predicted molar refractivity (Wildman–Crippen MR) is 116 cm³/mol. The van der Waals surface area contributed by atoms with Crippen LogP contribution < -0.4 is 14.8 Å². The largest absolute Gasteiger partial charge is 0.505 e. The molecular weight excluding hydrogens is 400 g/mol. The highest BCUT2D eigenvalue weighted by Gasteiger charge is 2.27. The molecular formula is C23H22N2O6. The second-order valence-electron chi connectivity index (χ2n) is 6.55. The second kappa shape index (κ2) is 9.62. The molecule has 8 nitrogen and oxygen atoms in total. The van der Waals surface area contributed by atoms with E-state index in [2.05, 4.69) is 15.0 Å². The van der Waals surface area contributed by atoms with Crippen LogP contribution in [0.4, 0.5) is 5.69 Å². The van der Waals surface area contributed by atoms with Crippen molar-refractivity contribution < 1.29 is 28.9 Å². The Bertz CT molecular complexity index is 1080. The first-order valence-electron chi connectivity index (χ1n) is 9.38. The molecule has 2 aromatic rings. The van der Waals surface area contributed by atoms with Gasteiger partial charge in [-0.3, -0.25) is 4.79 Å². The average molecular weight is 422 g/mol. The number of aliphatic imine (C=N–C) groups is 1. The highest BCUT2D eigenvalue weighted by atomic mass is 16.5. The molecule has 0 radical (unpaired) electrons. The fourth-order valence-corrected chi connectivity index (χ4v) is 2.94. The topological polar surface area (TPSA) is 106 Å². The van der Waals surface area contributed by atoms with Gasteiger partial charge in [0.25, 0.3) is 5.91 Å². The molecule has 1 aliphatic heterocycles. The molecule has 1 amide bonds. The first-order chi connectivity index (χ1) is 14.9. The number of anilines is 1. The number of nitrogens with zero attached hydrogens (tertiary/aromatic N) is 1. The lowest BCUT2D eigenvalue weighted by atomic mass is 10.1. The number of benzene rings is 2. The highest BCUT2D eigenvalue weighted by Crippen LogP contribution is 2.27. The van der Waals surface area contributed by atoms with Crippen molar-refractivity contribution in [3.8, 4) is 11.5 Å². The third kappa shape index (κ3) is 5.11. The third-order valence-electron chi connectivity index (χ3n) is 4.45. The Balaban J connectivity index is 1.62. The van der Waals surface area contributed by atoms with E-state index in [9.17, 15) is 14.7 Å². The van der Waals surface area contributed by atoms with Gasteiger partial charge < -0.3 is 24.6 Å². The summed E-state index contributed by atoms with van der Waals surface area (Å²) >= 11 is 0. The van der Waals surface area contributed by atoms with Gasteiger partial charge in [-0.15, -0.1) is 0 Å². The molecule has 0 saturated carbocycles. The van der Waals surface area contributed by atoms with Gasteiger partial charge in [0.1, 0.15) is 22.8 Å². The number of ether oxygens (including phenoxy) is 3. The molecule has 31 heavy (non-hydrogen) atoms. The zero-order valence-electron chi connectivity index (χ0n) is 17.3. The molecule has 8 heteroatoms. The van der Waals surface area contributed by atoms with Gasteiger partial charge in [0, 0.05) is 0 Å². The molecule has 160 valence electrons. The van der Waals surface area contributed by atoms with Gasteiger partial charge in [-0.25, -0.2) is 9.79 Å². The van der Waals surface area contributed by atoms with Crippen LogP contribution in [-0.4, -0.2) is 43.5 Å². The van der Waals surface area contributed by atoms with Crippen molar-refractivity contribution in [2.45, 2.75) is 6.92 Å². The van der Waals surface area contributed by atoms with Crippen molar-refractivity contribution in [2.24, 2.45) is 4.99 Å². The molecule has 0 bridgehead atoms. The minimum absolute atomic E-state index is 0.0507. The SMILES string of the molecule is COC(=O)C1=C(O)/C(=C\c2ccc(OCC(=O)Nc3ccccc3OC)cc2)N=C1C. The molecule has 0 aliphatic carbocycles. The summed E-state index contributed by atoms with van der Waals surface area (Å²) < 4.78 is 15.4. The lowest BCUT2D eigenvalue weighted by molar-refractivity contribution is -0.135. The monoisotopic (exact) mass is 422 g/mol. The fraction of sp³-hybridized carbons (Fsp3) is 0.174. The Hall–Kier alpha value is -4.07. The number of para-hydroxylation sites is 2. The molecule has 2 aromatic carbocycles. The number of carbonyl (C=O) groups is 2. The van der Waals surface area contributed by atoms with Crippen LogP contribution in [0.25, 0.3) is 6.08 Å². The van der Waals surface area contributed by atoms with Crippen molar-refractivity contribution >= 4 is 29.4 Å². The summed E-state index contributed by atoms with van der Waals surface area (Å²) in [4.78, 5) is 28.1. The predicted octanol–water partition coefficient (Wildman–Crippen LogP) is 3.51. The highest BCUT2D eigenvalue weighted by molar-refractivity contribution is 6.22. The average Bonchev–Trinajstić information content (AvgIpc) is 3.05.